The van der Waals surface area contributed by atoms with Crippen molar-refractivity contribution in [3.63, 3.8) is 0 Å². The van der Waals surface area contributed by atoms with Gasteiger partial charge in [0.05, 0.1) is 11.7 Å². The number of rotatable bonds is 3. The van der Waals surface area contributed by atoms with Crippen molar-refractivity contribution in [2.24, 2.45) is 0 Å². The number of hydrogen-bond acceptors (Lipinski definition) is 4. The fraction of sp³-hybridized carbons (Fsp3) is 0.429. The normalized spacial score (nSPS) is 17.5. The molecule has 1 aliphatic heterocycles. The molecule has 0 N–H and O–H groups in total. The van der Waals surface area contributed by atoms with Crippen molar-refractivity contribution in [3.05, 3.63) is 58.8 Å². The predicted molar refractivity (Wildman–Crippen MR) is 104 cm³/mol. The van der Waals surface area contributed by atoms with E-state index in [1.807, 2.05) is 6.92 Å². The van der Waals surface area contributed by atoms with Crippen LogP contribution in [0.1, 0.15) is 65.2 Å². The van der Waals surface area contributed by atoms with Gasteiger partial charge < -0.3 is 4.90 Å². The molecule has 3 aromatic heterocycles. The van der Waals surface area contributed by atoms with Gasteiger partial charge in [-0.25, -0.2) is 9.50 Å². The van der Waals surface area contributed by atoms with E-state index < -0.39 is 17.9 Å². The summed E-state index contributed by atoms with van der Waals surface area (Å²) in [5.41, 5.74) is 1.38. The van der Waals surface area contributed by atoms with Crippen molar-refractivity contribution >= 4 is 11.6 Å². The Morgan fingerprint density at radius 1 is 1.27 bits per heavy atom. The van der Waals surface area contributed by atoms with E-state index in [1.165, 1.54) is 0 Å². The van der Waals surface area contributed by atoms with Crippen molar-refractivity contribution in [1.29, 1.82) is 0 Å². The Bertz CT molecular complexity index is 1090. The second-order valence-corrected chi connectivity index (χ2v) is 7.52. The molecular weight excluding hydrogens is 395 g/mol. The van der Waals surface area contributed by atoms with Crippen LogP contribution >= 0.6 is 0 Å². The van der Waals surface area contributed by atoms with Crippen LogP contribution in [0.3, 0.4) is 0 Å². The number of carbonyl (C=O) groups excluding carboxylic acids is 1. The van der Waals surface area contributed by atoms with Gasteiger partial charge in [-0.1, -0.05) is 6.92 Å². The van der Waals surface area contributed by atoms with E-state index >= 15 is 0 Å². The van der Waals surface area contributed by atoms with E-state index in [0.717, 1.165) is 29.0 Å². The van der Waals surface area contributed by atoms with E-state index in [9.17, 15) is 18.0 Å². The van der Waals surface area contributed by atoms with Crippen LogP contribution in [0.4, 0.5) is 13.2 Å². The van der Waals surface area contributed by atoms with Crippen molar-refractivity contribution < 1.29 is 18.0 Å². The number of piperidine rings is 1. The lowest BCUT2D eigenvalue weighted by Gasteiger charge is -2.35. The molecule has 0 aliphatic carbocycles. The van der Waals surface area contributed by atoms with Gasteiger partial charge in [-0.3, -0.25) is 9.78 Å². The number of carbonyl (C=O) groups is 1. The zero-order valence-corrected chi connectivity index (χ0v) is 16.8. The van der Waals surface area contributed by atoms with Crippen molar-refractivity contribution in [3.8, 4) is 0 Å². The molecule has 6 nitrogen and oxygen atoms in total. The predicted octanol–water partition coefficient (Wildman–Crippen LogP) is 4.38. The number of halogens is 3. The quantitative estimate of drug-likeness (QED) is 0.634. The monoisotopic (exact) mass is 417 g/mol. The Morgan fingerprint density at radius 3 is 2.77 bits per heavy atom. The molecular formula is C21H22F3N5O. The molecule has 1 aliphatic rings. The molecule has 1 atom stereocenters. The molecule has 158 valence electrons. The molecule has 0 spiro atoms. The van der Waals surface area contributed by atoms with Gasteiger partial charge in [-0.05, 0) is 50.3 Å². The van der Waals surface area contributed by atoms with E-state index in [-0.39, 0.29) is 11.6 Å². The van der Waals surface area contributed by atoms with Gasteiger partial charge >= 0.3 is 6.18 Å². The maximum atomic E-state index is 13.6. The summed E-state index contributed by atoms with van der Waals surface area (Å²) >= 11 is 0. The first-order valence-electron chi connectivity index (χ1n) is 9.98. The lowest BCUT2D eigenvalue weighted by atomic mass is 9.97. The first-order valence-corrected chi connectivity index (χ1v) is 9.98. The highest BCUT2D eigenvalue weighted by Crippen LogP contribution is 2.34. The fourth-order valence-corrected chi connectivity index (χ4v) is 3.94. The molecule has 4 heterocycles. The van der Waals surface area contributed by atoms with Crippen molar-refractivity contribution in [2.75, 3.05) is 6.54 Å². The Morgan fingerprint density at radius 2 is 2.07 bits per heavy atom. The van der Waals surface area contributed by atoms with Gasteiger partial charge in [-0.2, -0.15) is 18.3 Å². The number of aromatic nitrogens is 4. The summed E-state index contributed by atoms with van der Waals surface area (Å²) in [6, 6.07) is 3.88. The van der Waals surface area contributed by atoms with Crippen LogP contribution < -0.4 is 0 Å². The molecule has 9 heteroatoms. The molecule has 30 heavy (non-hydrogen) atoms. The average Bonchev–Trinajstić information content (AvgIpc) is 3.16. The largest absolute Gasteiger partial charge is 0.433 e. The van der Waals surface area contributed by atoms with Gasteiger partial charge in [-0.15, -0.1) is 0 Å². The molecule has 1 amide bonds. The van der Waals surface area contributed by atoms with E-state index in [1.54, 1.807) is 36.4 Å². The zero-order valence-electron chi connectivity index (χ0n) is 16.8. The lowest BCUT2D eigenvalue weighted by Crippen LogP contribution is -2.39. The summed E-state index contributed by atoms with van der Waals surface area (Å²) in [5, 5.41) is 4.25. The van der Waals surface area contributed by atoms with E-state index in [4.69, 9.17) is 0 Å². The third kappa shape index (κ3) is 3.64. The number of nitrogens with zero attached hydrogens (tertiary/aromatic N) is 5. The van der Waals surface area contributed by atoms with Gasteiger partial charge in [0.15, 0.2) is 5.65 Å². The highest BCUT2D eigenvalue weighted by Gasteiger charge is 2.36. The Kier molecular flexibility index (Phi) is 5.21. The number of pyridine rings is 1. The van der Waals surface area contributed by atoms with Gasteiger partial charge in [0.1, 0.15) is 5.69 Å². The number of aryl methyl sites for hydroxylation is 2. The van der Waals surface area contributed by atoms with Crippen LogP contribution in [0.2, 0.25) is 0 Å². The van der Waals surface area contributed by atoms with Crippen LogP contribution in [0.15, 0.2) is 30.6 Å². The second-order valence-electron chi connectivity index (χ2n) is 7.52. The fourth-order valence-electron chi connectivity index (χ4n) is 3.94. The third-order valence-corrected chi connectivity index (χ3v) is 5.51. The number of alkyl halides is 3. The summed E-state index contributed by atoms with van der Waals surface area (Å²) in [5.74, 6) is -0.157. The minimum Gasteiger partial charge on any atom is -0.330 e. The summed E-state index contributed by atoms with van der Waals surface area (Å²) in [6.45, 7) is 4.10. The highest BCUT2D eigenvalue weighted by molar-refractivity contribution is 5.95. The summed E-state index contributed by atoms with van der Waals surface area (Å²) in [6.07, 6.45) is 1.38. The molecule has 0 radical (unpaired) electrons. The SMILES string of the molecule is CCc1cc(C(F)(F)F)n2nc(C3CCCCN3C(=O)c3ccncc3C)cc2n1. The van der Waals surface area contributed by atoms with E-state index in [0.29, 0.717) is 36.3 Å². The maximum absolute atomic E-state index is 13.6. The molecule has 1 unspecified atom stereocenters. The molecule has 3 aromatic rings. The third-order valence-electron chi connectivity index (χ3n) is 5.51. The van der Waals surface area contributed by atoms with Crippen LogP contribution in [0.25, 0.3) is 5.65 Å². The summed E-state index contributed by atoms with van der Waals surface area (Å²) < 4.78 is 41.6. The van der Waals surface area contributed by atoms with Gasteiger partial charge in [0.25, 0.3) is 5.91 Å². The van der Waals surface area contributed by atoms with Gasteiger partial charge in [0.2, 0.25) is 0 Å². The Labute approximate surface area is 171 Å². The Hall–Kier alpha value is -2.97. The number of hydrogen-bond donors (Lipinski definition) is 0. The van der Waals surface area contributed by atoms with Crippen LogP contribution in [0, 0.1) is 6.92 Å². The van der Waals surface area contributed by atoms with Crippen LogP contribution in [-0.2, 0) is 12.6 Å². The smallest absolute Gasteiger partial charge is 0.330 e. The van der Waals surface area contributed by atoms with Gasteiger partial charge in [0, 0.05) is 36.3 Å². The number of amides is 1. The van der Waals surface area contributed by atoms with Crippen molar-refractivity contribution in [2.45, 2.75) is 51.7 Å². The van der Waals surface area contributed by atoms with Crippen molar-refractivity contribution in [1.82, 2.24) is 24.5 Å². The minimum absolute atomic E-state index is 0.148. The van der Waals surface area contributed by atoms with E-state index in [2.05, 4.69) is 15.1 Å². The molecule has 0 saturated carbocycles. The minimum atomic E-state index is -4.55. The average molecular weight is 417 g/mol. The number of likely N-dealkylation sites (tertiary alicyclic amines) is 1. The Balaban J connectivity index is 1.78. The first-order chi connectivity index (χ1) is 14.3. The summed E-state index contributed by atoms with van der Waals surface area (Å²) in [4.78, 5) is 23.3. The lowest BCUT2D eigenvalue weighted by molar-refractivity contribution is -0.142. The van der Waals surface area contributed by atoms with Crippen LogP contribution in [-0.4, -0.2) is 36.9 Å². The molecule has 0 aromatic carbocycles. The zero-order chi connectivity index (χ0) is 21.5. The number of fused-ring (bicyclic) bond motifs is 1. The summed E-state index contributed by atoms with van der Waals surface area (Å²) in [7, 11) is 0. The molecule has 4 rings (SSSR count). The van der Waals surface area contributed by atoms with Crippen LogP contribution in [0.5, 0.6) is 0 Å². The first kappa shape index (κ1) is 20.3. The topological polar surface area (TPSA) is 63.4 Å². The maximum Gasteiger partial charge on any atom is 0.433 e. The second kappa shape index (κ2) is 7.70. The highest BCUT2D eigenvalue weighted by atomic mass is 19.4. The standard InChI is InChI=1S/C21H22F3N5O/c1-3-14-10-18(21(22,23)24)29-19(26-14)11-16(27-29)17-6-4-5-9-28(17)20(30)15-7-8-25-12-13(15)2/h7-8,10-12,17H,3-6,9H2,1-2H3. The molecule has 1 saturated heterocycles. The molecule has 1 fully saturated rings. The molecule has 0 bridgehead atoms.